The van der Waals surface area contributed by atoms with Crippen LogP contribution in [0.25, 0.3) is 5.82 Å². The third kappa shape index (κ3) is 2.41. The molecule has 0 aliphatic heterocycles. The summed E-state index contributed by atoms with van der Waals surface area (Å²) in [6.07, 6.45) is 8.05. The number of nitrogens with two attached hydrogens (primary N) is 1. The van der Waals surface area contributed by atoms with Crippen molar-refractivity contribution >= 4 is 0 Å². The van der Waals surface area contributed by atoms with Gasteiger partial charge in [0.2, 0.25) is 0 Å². The molecule has 4 heteroatoms. The first-order valence-corrected chi connectivity index (χ1v) is 4.94. The summed E-state index contributed by atoms with van der Waals surface area (Å²) < 4.78 is 1.87. The minimum absolute atomic E-state index is 0.172. The smallest absolute Gasteiger partial charge is 0.137 e. The summed E-state index contributed by atoms with van der Waals surface area (Å²) in [6.45, 7) is 1.99. The van der Waals surface area contributed by atoms with E-state index in [4.69, 9.17) is 5.73 Å². The molecule has 15 heavy (non-hydrogen) atoms. The average Bonchev–Trinajstić information content (AvgIpc) is 2.71. The van der Waals surface area contributed by atoms with Crippen molar-refractivity contribution in [2.75, 3.05) is 0 Å². The van der Waals surface area contributed by atoms with Crippen molar-refractivity contribution in [3.63, 3.8) is 0 Å². The molecule has 2 rings (SSSR count). The fraction of sp³-hybridized carbons (Fsp3) is 0.273. The Labute approximate surface area is 88.8 Å². The molecule has 1 unspecified atom stereocenters. The van der Waals surface area contributed by atoms with Crippen LogP contribution in [0.5, 0.6) is 0 Å². The van der Waals surface area contributed by atoms with Crippen LogP contribution in [0.3, 0.4) is 0 Å². The van der Waals surface area contributed by atoms with Crippen LogP contribution in [-0.4, -0.2) is 20.6 Å². The highest BCUT2D eigenvalue weighted by molar-refractivity contribution is 5.25. The lowest BCUT2D eigenvalue weighted by molar-refractivity contribution is 0.735. The molecule has 2 heterocycles. The summed E-state index contributed by atoms with van der Waals surface area (Å²) in [5, 5.41) is 0. The number of aromatic nitrogens is 3. The Morgan fingerprint density at radius 1 is 1.47 bits per heavy atom. The van der Waals surface area contributed by atoms with Gasteiger partial charge in [-0.3, -0.25) is 4.57 Å². The quantitative estimate of drug-likeness (QED) is 0.812. The minimum Gasteiger partial charge on any atom is -0.328 e. The Hall–Kier alpha value is -1.68. The molecule has 0 aromatic carbocycles. The molecule has 0 saturated heterocycles. The van der Waals surface area contributed by atoms with Crippen molar-refractivity contribution in [3.05, 3.63) is 42.6 Å². The maximum absolute atomic E-state index is 5.71. The summed E-state index contributed by atoms with van der Waals surface area (Å²) in [5.41, 5.74) is 6.88. The molecule has 0 fully saturated rings. The van der Waals surface area contributed by atoms with Crippen molar-refractivity contribution in [1.29, 1.82) is 0 Å². The van der Waals surface area contributed by atoms with E-state index in [2.05, 4.69) is 9.97 Å². The molecule has 0 aliphatic carbocycles. The largest absolute Gasteiger partial charge is 0.328 e. The summed E-state index contributed by atoms with van der Waals surface area (Å²) in [7, 11) is 0. The molecule has 0 amide bonds. The predicted molar refractivity (Wildman–Crippen MR) is 58.7 cm³/mol. The van der Waals surface area contributed by atoms with Crippen LogP contribution >= 0.6 is 0 Å². The van der Waals surface area contributed by atoms with Crippen molar-refractivity contribution < 1.29 is 0 Å². The van der Waals surface area contributed by atoms with Gasteiger partial charge < -0.3 is 5.73 Å². The van der Waals surface area contributed by atoms with Crippen LogP contribution in [0.4, 0.5) is 0 Å². The van der Waals surface area contributed by atoms with E-state index in [9.17, 15) is 0 Å². The van der Waals surface area contributed by atoms with E-state index in [0.29, 0.717) is 0 Å². The van der Waals surface area contributed by atoms with Crippen LogP contribution in [0.1, 0.15) is 12.5 Å². The molecule has 2 N–H and O–H groups in total. The second-order valence-corrected chi connectivity index (χ2v) is 3.68. The Kier molecular flexibility index (Phi) is 2.78. The molecular weight excluding hydrogens is 188 g/mol. The fourth-order valence-corrected chi connectivity index (χ4v) is 1.46. The first-order valence-electron chi connectivity index (χ1n) is 4.94. The van der Waals surface area contributed by atoms with Gasteiger partial charge >= 0.3 is 0 Å². The van der Waals surface area contributed by atoms with Gasteiger partial charge in [-0.2, -0.15) is 0 Å². The van der Waals surface area contributed by atoms with Gasteiger partial charge in [0.05, 0.1) is 0 Å². The zero-order valence-corrected chi connectivity index (χ0v) is 8.67. The van der Waals surface area contributed by atoms with Crippen molar-refractivity contribution in [3.8, 4) is 5.82 Å². The van der Waals surface area contributed by atoms with Crippen molar-refractivity contribution in [1.82, 2.24) is 14.5 Å². The zero-order valence-electron chi connectivity index (χ0n) is 8.67. The molecular formula is C11H14N4. The van der Waals surface area contributed by atoms with Crippen LogP contribution < -0.4 is 5.73 Å². The highest BCUT2D eigenvalue weighted by atomic mass is 15.1. The summed E-state index contributed by atoms with van der Waals surface area (Å²) in [4.78, 5) is 8.31. The monoisotopic (exact) mass is 202 g/mol. The first-order chi connectivity index (χ1) is 7.25. The first kappa shape index (κ1) is 9.86. The molecule has 0 spiro atoms. The standard InChI is InChI=1S/C11H14N4/c1-9(12)6-10-2-3-11(14-7-10)15-5-4-13-8-15/h2-5,7-9H,6,12H2,1H3. The minimum atomic E-state index is 0.172. The number of hydrogen-bond acceptors (Lipinski definition) is 3. The maximum atomic E-state index is 5.71. The topological polar surface area (TPSA) is 56.7 Å². The zero-order chi connectivity index (χ0) is 10.7. The van der Waals surface area contributed by atoms with Crippen LogP contribution in [0.2, 0.25) is 0 Å². The number of hydrogen-bond donors (Lipinski definition) is 1. The van der Waals surface area contributed by atoms with Crippen LogP contribution in [0, 0.1) is 0 Å². The summed E-state index contributed by atoms with van der Waals surface area (Å²) in [5.74, 6) is 0.876. The lowest BCUT2D eigenvalue weighted by Gasteiger charge is -2.05. The van der Waals surface area contributed by atoms with Crippen molar-refractivity contribution in [2.45, 2.75) is 19.4 Å². The molecule has 0 aliphatic rings. The Balaban J connectivity index is 2.17. The fourth-order valence-electron chi connectivity index (χ4n) is 1.46. The molecule has 2 aromatic heterocycles. The third-order valence-electron chi connectivity index (χ3n) is 2.14. The van der Waals surface area contributed by atoms with E-state index in [1.54, 1.807) is 12.5 Å². The van der Waals surface area contributed by atoms with Crippen LogP contribution in [-0.2, 0) is 6.42 Å². The number of rotatable bonds is 3. The van der Waals surface area contributed by atoms with E-state index < -0.39 is 0 Å². The molecule has 0 bridgehead atoms. The van der Waals surface area contributed by atoms with Crippen LogP contribution in [0.15, 0.2) is 37.1 Å². The van der Waals surface area contributed by atoms with E-state index in [-0.39, 0.29) is 6.04 Å². The van der Waals surface area contributed by atoms with Gasteiger partial charge in [-0.05, 0) is 25.0 Å². The SMILES string of the molecule is CC(N)Cc1ccc(-n2ccnc2)nc1. The maximum Gasteiger partial charge on any atom is 0.137 e. The Bertz CT molecular complexity index is 403. The van der Waals surface area contributed by atoms with Gasteiger partial charge in [0.1, 0.15) is 12.1 Å². The van der Waals surface area contributed by atoms with Gasteiger partial charge in [-0.25, -0.2) is 9.97 Å². The van der Waals surface area contributed by atoms with E-state index in [1.165, 1.54) is 0 Å². The second-order valence-electron chi connectivity index (χ2n) is 3.68. The van der Waals surface area contributed by atoms with Gasteiger partial charge in [-0.1, -0.05) is 6.07 Å². The highest BCUT2D eigenvalue weighted by Crippen LogP contribution is 2.06. The summed E-state index contributed by atoms with van der Waals surface area (Å²) in [6, 6.07) is 4.19. The Morgan fingerprint density at radius 3 is 2.87 bits per heavy atom. The highest BCUT2D eigenvalue weighted by Gasteiger charge is 2.00. The molecule has 1 atom stereocenters. The van der Waals surface area contributed by atoms with Gasteiger partial charge in [0.15, 0.2) is 0 Å². The summed E-state index contributed by atoms with van der Waals surface area (Å²) >= 11 is 0. The van der Waals surface area contributed by atoms with Crippen molar-refractivity contribution in [2.24, 2.45) is 5.73 Å². The number of nitrogens with zero attached hydrogens (tertiary/aromatic N) is 3. The number of pyridine rings is 1. The average molecular weight is 202 g/mol. The molecule has 4 nitrogen and oxygen atoms in total. The lowest BCUT2D eigenvalue weighted by Crippen LogP contribution is -2.17. The van der Waals surface area contributed by atoms with Gasteiger partial charge in [-0.15, -0.1) is 0 Å². The van der Waals surface area contributed by atoms with Gasteiger partial charge in [0.25, 0.3) is 0 Å². The normalized spacial score (nSPS) is 12.7. The Morgan fingerprint density at radius 2 is 2.33 bits per heavy atom. The lowest BCUT2D eigenvalue weighted by atomic mass is 10.1. The molecule has 78 valence electrons. The number of imidazole rings is 1. The third-order valence-corrected chi connectivity index (χ3v) is 2.14. The predicted octanol–water partition coefficient (Wildman–Crippen LogP) is 1.16. The molecule has 0 radical (unpaired) electrons. The molecule has 0 saturated carbocycles. The second kappa shape index (κ2) is 4.23. The van der Waals surface area contributed by atoms with E-state index in [0.717, 1.165) is 17.8 Å². The van der Waals surface area contributed by atoms with Gasteiger partial charge in [0, 0.05) is 24.6 Å². The van der Waals surface area contributed by atoms with E-state index in [1.807, 2.05) is 36.0 Å². The molecule has 2 aromatic rings. The van der Waals surface area contributed by atoms with E-state index >= 15 is 0 Å².